The molecule has 0 spiro atoms. The molecular weight excluding hydrogens is 220 g/mol. The number of ether oxygens (including phenoxy) is 1. The first kappa shape index (κ1) is 9.01. The van der Waals surface area contributed by atoms with Gasteiger partial charge in [0.25, 0.3) is 0 Å². The van der Waals surface area contributed by atoms with E-state index in [0.29, 0.717) is 22.7 Å². The summed E-state index contributed by atoms with van der Waals surface area (Å²) in [5.74, 6) is 0.384. The number of halogens is 1. The minimum Gasteiger partial charge on any atom is -0.477 e. The summed E-state index contributed by atoms with van der Waals surface area (Å²) >= 11 is 3.19. The lowest BCUT2D eigenvalue weighted by atomic mass is 10.3. The van der Waals surface area contributed by atoms with Gasteiger partial charge in [0.15, 0.2) is 0 Å². The van der Waals surface area contributed by atoms with Crippen molar-refractivity contribution >= 4 is 15.9 Å². The SMILES string of the molecule is CCOc1nc(Br)ccc1C#N. The second-order valence-electron chi connectivity index (χ2n) is 2.03. The van der Waals surface area contributed by atoms with Crippen molar-refractivity contribution in [3.05, 3.63) is 22.3 Å². The number of pyridine rings is 1. The van der Waals surface area contributed by atoms with E-state index in [-0.39, 0.29) is 0 Å². The molecule has 0 aliphatic carbocycles. The fourth-order valence-corrected chi connectivity index (χ4v) is 1.04. The van der Waals surface area contributed by atoms with Crippen LogP contribution in [-0.2, 0) is 0 Å². The van der Waals surface area contributed by atoms with Gasteiger partial charge in [-0.25, -0.2) is 4.98 Å². The molecule has 0 aliphatic heterocycles. The van der Waals surface area contributed by atoms with Gasteiger partial charge >= 0.3 is 0 Å². The van der Waals surface area contributed by atoms with Crippen LogP contribution in [0.25, 0.3) is 0 Å². The molecule has 0 aliphatic rings. The molecule has 0 unspecified atom stereocenters. The van der Waals surface area contributed by atoms with E-state index in [9.17, 15) is 0 Å². The summed E-state index contributed by atoms with van der Waals surface area (Å²) in [5, 5.41) is 8.65. The molecule has 1 aromatic rings. The van der Waals surface area contributed by atoms with Crippen LogP contribution in [0.3, 0.4) is 0 Å². The number of rotatable bonds is 2. The molecule has 4 heteroatoms. The van der Waals surface area contributed by atoms with Crippen molar-refractivity contribution in [3.8, 4) is 11.9 Å². The van der Waals surface area contributed by atoms with Crippen LogP contribution in [0.2, 0.25) is 0 Å². The van der Waals surface area contributed by atoms with Crippen LogP contribution in [-0.4, -0.2) is 11.6 Å². The second-order valence-corrected chi connectivity index (χ2v) is 2.84. The van der Waals surface area contributed by atoms with Crippen molar-refractivity contribution in [3.63, 3.8) is 0 Å². The van der Waals surface area contributed by atoms with Crippen LogP contribution in [0.15, 0.2) is 16.7 Å². The highest BCUT2D eigenvalue weighted by atomic mass is 79.9. The summed E-state index contributed by atoms with van der Waals surface area (Å²) in [6.45, 7) is 2.36. The van der Waals surface area contributed by atoms with Crippen molar-refractivity contribution in [1.82, 2.24) is 4.98 Å². The lowest BCUT2D eigenvalue weighted by molar-refractivity contribution is 0.325. The van der Waals surface area contributed by atoms with Crippen LogP contribution < -0.4 is 4.74 Å². The average Bonchev–Trinajstić information content (AvgIpc) is 2.05. The van der Waals surface area contributed by atoms with E-state index < -0.39 is 0 Å². The molecule has 0 bridgehead atoms. The number of nitriles is 1. The predicted molar refractivity (Wildman–Crippen MR) is 47.8 cm³/mol. The maximum atomic E-state index is 8.65. The minimum atomic E-state index is 0.384. The van der Waals surface area contributed by atoms with E-state index in [1.54, 1.807) is 12.1 Å². The van der Waals surface area contributed by atoms with Gasteiger partial charge in [-0.3, -0.25) is 0 Å². The van der Waals surface area contributed by atoms with Crippen LogP contribution in [0.1, 0.15) is 12.5 Å². The van der Waals surface area contributed by atoms with Crippen molar-refractivity contribution < 1.29 is 4.74 Å². The normalized spacial score (nSPS) is 9.08. The predicted octanol–water partition coefficient (Wildman–Crippen LogP) is 2.11. The third-order valence-corrected chi connectivity index (χ3v) is 1.67. The molecule has 3 nitrogen and oxygen atoms in total. The van der Waals surface area contributed by atoms with Crippen LogP contribution in [0.5, 0.6) is 5.88 Å². The van der Waals surface area contributed by atoms with E-state index in [4.69, 9.17) is 10.00 Å². The monoisotopic (exact) mass is 226 g/mol. The van der Waals surface area contributed by atoms with Gasteiger partial charge in [0, 0.05) is 0 Å². The fraction of sp³-hybridized carbons (Fsp3) is 0.250. The van der Waals surface area contributed by atoms with Gasteiger partial charge in [0.1, 0.15) is 16.2 Å². The standard InChI is InChI=1S/C8H7BrN2O/c1-2-12-8-6(5-10)3-4-7(9)11-8/h3-4H,2H2,1H3. The molecule has 0 N–H and O–H groups in total. The lowest BCUT2D eigenvalue weighted by Crippen LogP contribution is -1.97. The van der Waals surface area contributed by atoms with E-state index in [0.717, 1.165) is 0 Å². The van der Waals surface area contributed by atoms with E-state index in [1.807, 2.05) is 13.0 Å². The van der Waals surface area contributed by atoms with Crippen molar-refractivity contribution in [2.24, 2.45) is 0 Å². The van der Waals surface area contributed by atoms with Gasteiger partial charge in [0.2, 0.25) is 5.88 Å². The first-order valence-electron chi connectivity index (χ1n) is 3.47. The number of nitrogens with zero attached hydrogens (tertiary/aromatic N) is 2. The fourth-order valence-electron chi connectivity index (χ4n) is 0.750. The Hall–Kier alpha value is -1.08. The van der Waals surface area contributed by atoms with Crippen LogP contribution in [0.4, 0.5) is 0 Å². The van der Waals surface area contributed by atoms with Crippen molar-refractivity contribution in [1.29, 1.82) is 5.26 Å². The van der Waals surface area contributed by atoms with Gasteiger partial charge in [0.05, 0.1) is 6.61 Å². The largest absolute Gasteiger partial charge is 0.477 e. The molecule has 1 aromatic heterocycles. The highest BCUT2D eigenvalue weighted by Gasteiger charge is 2.03. The average molecular weight is 227 g/mol. The highest BCUT2D eigenvalue weighted by molar-refractivity contribution is 9.10. The number of hydrogen-bond donors (Lipinski definition) is 0. The first-order valence-corrected chi connectivity index (χ1v) is 4.26. The highest BCUT2D eigenvalue weighted by Crippen LogP contribution is 2.17. The molecule has 0 amide bonds. The Labute approximate surface area is 79.1 Å². The summed E-state index contributed by atoms with van der Waals surface area (Å²) in [7, 11) is 0. The molecule has 0 saturated heterocycles. The summed E-state index contributed by atoms with van der Waals surface area (Å²) in [6, 6.07) is 5.38. The van der Waals surface area contributed by atoms with Gasteiger partial charge in [-0.15, -0.1) is 0 Å². The summed E-state index contributed by atoms with van der Waals surface area (Å²) in [6.07, 6.45) is 0. The number of aromatic nitrogens is 1. The van der Waals surface area contributed by atoms with E-state index >= 15 is 0 Å². The van der Waals surface area contributed by atoms with Crippen molar-refractivity contribution in [2.45, 2.75) is 6.92 Å². The minimum absolute atomic E-state index is 0.384. The zero-order chi connectivity index (χ0) is 8.97. The van der Waals surface area contributed by atoms with E-state index in [2.05, 4.69) is 20.9 Å². The van der Waals surface area contributed by atoms with Gasteiger partial charge < -0.3 is 4.74 Å². The first-order chi connectivity index (χ1) is 5.77. The summed E-state index contributed by atoms with van der Waals surface area (Å²) in [4.78, 5) is 4.01. The Bertz CT molecular complexity index is 319. The zero-order valence-corrected chi connectivity index (χ0v) is 8.13. The Morgan fingerprint density at radius 3 is 3.00 bits per heavy atom. The molecule has 1 heterocycles. The van der Waals surface area contributed by atoms with Gasteiger partial charge in [-0.1, -0.05) is 0 Å². The second kappa shape index (κ2) is 4.07. The third kappa shape index (κ3) is 1.95. The molecule has 1 rings (SSSR count). The van der Waals surface area contributed by atoms with E-state index in [1.165, 1.54) is 0 Å². The molecular formula is C8H7BrN2O. The third-order valence-electron chi connectivity index (χ3n) is 1.23. The lowest BCUT2D eigenvalue weighted by Gasteiger charge is -2.02. The van der Waals surface area contributed by atoms with Crippen molar-refractivity contribution in [2.75, 3.05) is 6.61 Å². The Balaban J connectivity index is 3.06. The van der Waals surface area contributed by atoms with Crippen LogP contribution >= 0.6 is 15.9 Å². The zero-order valence-electron chi connectivity index (χ0n) is 6.54. The topological polar surface area (TPSA) is 45.9 Å². The Kier molecular flexibility index (Phi) is 3.06. The molecule has 0 atom stereocenters. The molecule has 12 heavy (non-hydrogen) atoms. The molecule has 62 valence electrons. The quantitative estimate of drug-likeness (QED) is 0.727. The maximum absolute atomic E-state index is 8.65. The molecule has 0 aromatic carbocycles. The van der Waals surface area contributed by atoms with Gasteiger partial charge in [-0.2, -0.15) is 5.26 Å². The molecule has 0 radical (unpaired) electrons. The molecule has 0 saturated carbocycles. The Morgan fingerprint density at radius 1 is 1.67 bits per heavy atom. The summed E-state index contributed by atoms with van der Waals surface area (Å²) in [5.41, 5.74) is 0.458. The Morgan fingerprint density at radius 2 is 2.42 bits per heavy atom. The van der Waals surface area contributed by atoms with Gasteiger partial charge in [-0.05, 0) is 35.0 Å². The summed E-state index contributed by atoms with van der Waals surface area (Å²) < 4.78 is 5.82. The smallest absolute Gasteiger partial charge is 0.232 e. The maximum Gasteiger partial charge on any atom is 0.232 e. The number of hydrogen-bond acceptors (Lipinski definition) is 3. The molecule has 0 fully saturated rings. The van der Waals surface area contributed by atoms with Crippen LogP contribution in [0, 0.1) is 11.3 Å².